The molecule has 0 fully saturated rings. The second kappa shape index (κ2) is 9.49. The highest BCUT2D eigenvalue weighted by Crippen LogP contribution is 2.36. The lowest BCUT2D eigenvalue weighted by molar-refractivity contribution is -0.146. The lowest BCUT2D eigenvalue weighted by atomic mass is 10.0. The van der Waals surface area contributed by atoms with Crippen molar-refractivity contribution in [3.63, 3.8) is 0 Å². The normalized spacial score (nSPS) is 12.0. The number of aromatic nitrogens is 1. The van der Waals surface area contributed by atoms with E-state index in [2.05, 4.69) is 4.98 Å². The molecule has 0 radical (unpaired) electrons. The number of methoxy groups -OCH3 is 1. The van der Waals surface area contributed by atoms with Gasteiger partial charge in [-0.2, -0.15) is 0 Å². The highest BCUT2D eigenvalue weighted by Gasteiger charge is 2.19. The molecule has 0 saturated heterocycles. The molecule has 160 valence electrons. The number of aliphatic hydroxyl groups excluding tert-OH is 1. The first-order chi connectivity index (χ1) is 14.4. The summed E-state index contributed by atoms with van der Waals surface area (Å²) in [5.41, 5.74) is 2.41. The van der Waals surface area contributed by atoms with Crippen molar-refractivity contribution in [1.29, 1.82) is 0 Å². The van der Waals surface area contributed by atoms with Crippen LogP contribution >= 0.6 is 0 Å². The van der Waals surface area contributed by atoms with Gasteiger partial charge in [-0.25, -0.2) is 9.78 Å². The molecule has 0 unspecified atom stereocenters. The maximum absolute atomic E-state index is 10.8. The molecule has 0 aliphatic rings. The number of furan rings is 1. The minimum absolute atomic E-state index is 0.153. The van der Waals surface area contributed by atoms with Crippen LogP contribution in [0.2, 0.25) is 0 Å². The van der Waals surface area contributed by atoms with Crippen LogP contribution in [0.4, 0.5) is 0 Å². The number of nitrogens with zero attached hydrogens (tertiary/aromatic N) is 1. The molecular weight excluding hydrogens is 390 g/mol. The minimum Gasteiger partial charge on any atom is -0.493 e. The van der Waals surface area contributed by atoms with Gasteiger partial charge in [0.05, 0.1) is 13.4 Å². The summed E-state index contributed by atoms with van der Waals surface area (Å²) in [4.78, 5) is 15.3. The third kappa shape index (κ3) is 4.83. The molecule has 3 aromatic rings. The number of aryl methyl sites for hydroxylation is 3. The summed E-state index contributed by atoms with van der Waals surface area (Å²) >= 11 is 0. The first-order valence-corrected chi connectivity index (χ1v) is 9.61. The van der Waals surface area contributed by atoms with E-state index in [0.717, 1.165) is 11.1 Å². The minimum atomic E-state index is -1.38. The Balaban J connectivity index is 1.77. The number of carbonyl (C=O) groups is 1. The van der Waals surface area contributed by atoms with E-state index in [1.165, 1.54) is 0 Å². The Morgan fingerprint density at radius 2 is 2.03 bits per heavy atom. The van der Waals surface area contributed by atoms with Crippen LogP contribution in [-0.4, -0.2) is 34.4 Å². The van der Waals surface area contributed by atoms with Gasteiger partial charge in [-0.05, 0) is 56.4 Å². The summed E-state index contributed by atoms with van der Waals surface area (Å²) in [7, 11) is 1.57. The van der Waals surface area contributed by atoms with Crippen molar-refractivity contribution >= 4 is 5.97 Å². The van der Waals surface area contributed by atoms with Gasteiger partial charge in [0.2, 0.25) is 0 Å². The topological polar surface area (TPSA) is 115 Å². The van der Waals surface area contributed by atoms with Gasteiger partial charge in [-0.3, -0.25) is 0 Å². The molecule has 0 saturated carbocycles. The average Bonchev–Trinajstić information content (AvgIpc) is 3.37. The summed E-state index contributed by atoms with van der Waals surface area (Å²) < 4.78 is 22.6. The third-order valence-electron chi connectivity index (χ3n) is 4.78. The van der Waals surface area contributed by atoms with E-state index in [0.29, 0.717) is 47.4 Å². The van der Waals surface area contributed by atoms with Crippen LogP contribution in [0.25, 0.3) is 11.7 Å². The molecule has 2 heterocycles. The van der Waals surface area contributed by atoms with E-state index in [1.54, 1.807) is 32.4 Å². The smallest absolute Gasteiger partial charge is 0.332 e. The molecule has 1 aromatic carbocycles. The molecule has 0 aliphatic carbocycles. The number of hydrogen-bond donors (Lipinski definition) is 2. The number of oxazole rings is 1. The number of rotatable bonds is 10. The SMILES string of the molecule is COc1c(C)ccc(CCC[C@H](O)C(=O)O)c1OCc1nc(-c2ccco2)oc1C. The first kappa shape index (κ1) is 21.4. The number of hydrogen-bond acceptors (Lipinski definition) is 7. The number of benzene rings is 1. The summed E-state index contributed by atoms with van der Waals surface area (Å²) in [5, 5.41) is 18.3. The highest BCUT2D eigenvalue weighted by atomic mass is 16.5. The fourth-order valence-corrected chi connectivity index (χ4v) is 3.13. The van der Waals surface area contributed by atoms with Crippen molar-refractivity contribution in [3.05, 3.63) is 53.1 Å². The largest absolute Gasteiger partial charge is 0.493 e. The fourth-order valence-electron chi connectivity index (χ4n) is 3.13. The lowest BCUT2D eigenvalue weighted by Crippen LogP contribution is -2.19. The molecule has 2 N–H and O–H groups in total. The van der Waals surface area contributed by atoms with Crippen LogP contribution < -0.4 is 9.47 Å². The molecule has 1 atom stereocenters. The van der Waals surface area contributed by atoms with E-state index in [1.807, 2.05) is 19.1 Å². The van der Waals surface area contributed by atoms with E-state index < -0.39 is 12.1 Å². The summed E-state index contributed by atoms with van der Waals surface area (Å²) in [6.45, 7) is 3.89. The van der Waals surface area contributed by atoms with Crippen LogP contribution in [0.1, 0.15) is 35.4 Å². The molecule has 0 aliphatic heterocycles. The van der Waals surface area contributed by atoms with Gasteiger partial charge in [0, 0.05) is 0 Å². The summed E-state index contributed by atoms with van der Waals surface area (Å²) in [6, 6.07) is 7.37. The number of carboxylic acid groups (broad SMARTS) is 1. The first-order valence-electron chi connectivity index (χ1n) is 9.61. The van der Waals surface area contributed by atoms with Crippen molar-refractivity contribution in [3.8, 4) is 23.1 Å². The maximum Gasteiger partial charge on any atom is 0.332 e. The number of aliphatic carboxylic acids is 1. The molecule has 2 aromatic heterocycles. The predicted molar refractivity (Wildman–Crippen MR) is 108 cm³/mol. The molecular formula is C22H25NO7. The van der Waals surface area contributed by atoms with Crippen molar-refractivity contribution in [1.82, 2.24) is 4.98 Å². The Kier molecular flexibility index (Phi) is 6.79. The molecule has 0 spiro atoms. The van der Waals surface area contributed by atoms with Crippen LogP contribution in [0.15, 0.2) is 39.4 Å². The Labute approximate surface area is 174 Å². The van der Waals surface area contributed by atoms with Gasteiger partial charge in [0.25, 0.3) is 5.89 Å². The zero-order valence-corrected chi connectivity index (χ0v) is 17.2. The van der Waals surface area contributed by atoms with Gasteiger partial charge in [0.15, 0.2) is 23.4 Å². The van der Waals surface area contributed by atoms with E-state index in [-0.39, 0.29) is 13.0 Å². The molecule has 0 bridgehead atoms. The Hall–Kier alpha value is -3.26. The van der Waals surface area contributed by atoms with Crippen molar-refractivity contribution in [2.45, 2.75) is 45.8 Å². The van der Waals surface area contributed by atoms with Gasteiger partial charge in [-0.15, -0.1) is 0 Å². The second-order valence-electron chi connectivity index (χ2n) is 6.94. The summed E-state index contributed by atoms with van der Waals surface area (Å²) in [5.74, 6) is 1.51. The molecule has 3 rings (SSSR count). The zero-order valence-electron chi connectivity index (χ0n) is 17.2. The number of carboxylic acids is 1. The van der Waals surface area contributed by atoms with Crippen LogP contribution in [0.3, 0.4) is 0 Å². The second-order valence-corrected chi connectivity index (χ2v) is 6.94. The number of ether oxygens (including phenoxy) is 2. The van der Waals surface area contributed by atoms with Gasteiger partial charge >= 0.3 is 5.97 Å². The molecule has 8 heteroatoms. The van der Waals surface area contributed by atoms with E-state index in [9.17, 15) is 9.90 Å². The maximum atomic E-state index is 10.8. The van der Waals surface area contributed by atoms with Gasteiger partial charge in [0.1, 0.15) is 18.1 Å². The standard InChI is InChI=1S/C22H25NO7/c1-13-9-10-15(6-4-7-17(24)22(25)26)20(19(13)27-3)29-12-16-14(2)30-21(23-16)18-8-5-11-28-18/h5,8-11,17,24H,4,6-7,12H2,1-3H3,(H,25,26)/t17-/m0/s1. The average molecular weight is 415 g/mol. The number of aliphatic hydroxyl groups is 1. The Morgan fingerprint density at radius 3 is 2.70 bits per heavy atom. The van der Waals surface area contributed by atoms with Crippen LogP contribution in [0.5, 0.6) is 11.5 Å². The van der Waals surface area contributed by atoms with Gasteiger partial charge in [-0.1, -0.05) is 12.1 Å². The zero-order chi connectivity index (χ0) is 21.7. The van der Waals surface area contributed by atoms with E-state index in [4.69, 9.17) is 23.4 Å². The molecule has 30 heavy (non-hydrogen) atoms. The van der Waals surface area contributed by atoms with E-state index >= 15 is 0 Å². The van der Waals surface area contributed by atoms with Crippen LogP contribution in [-0.2, 0) is 17.8 Å². The highest BCUT2D eigenvalue weighted by molar-refractivity contribution is 5.71. The van der Waals surface area contributed by atoms with Crippen molar-refractivity contribution < 1.29 is 33.3 Å². The van der Waals surface area contributed by atoms with Gasteiger partial charge < -0.3 is 28.5 Å². The molecule has 0 amide bonds. The Morgan fingerprint density at radius 1 is 1.23 bits per heavy atom. The lowest BCUT2D eigenvalue weighted by Gasteiger charge is -2.17. The predicted octanol–water partition coefficient (Wildman–Crippen LogP) is 3.91. The van der Waals surface area contributed by atoms with Crippen molar-refractivity contribution in [2.75, 3.05) is 7.11 Å². The third-order valence-corrected chi connectivity index (χ3v) is 4.78. The van der Waals surface area contributed by atoms with Crippen LogP contribution in [0, 0.1) is 13.8 Å². The monoisotopic (exact) mass is 415 g/mol. The summed E-state index contributed by atoms with van der Waals surface area (Å²) in [6.07, 6.45) is 1.35. The molecule has 8 nitrogen and oxygen atoms in total. The fraction of sp³-hybridized carbons (Fsp3) is 0.364. The van der Waals surface area contributed by atoms with Crippen molar-refractivity contribution in [2.24, 2.45) is 0 Å². The quantitative estimate of drug-likeness (QED) is 0.512. The Bertz CT molecular complexity index is 991.